The number of aliphatic carboxylic acids is 1. The van der Waals surface area contributed by atoms with E-state index in [-0.39, 0.29) is 37.9 Å². The quantitative estimate of drug-likeness (QED) is 0.0390. The van der Waals surface area contributed by atoms with Crippen molar-refractivity contribution in [2.75, 3.05) is 53.2 Å². The molecule has 6 heterocycles. The Kier molecular flexibility index (Phi) is 16.0. The lowest BCUT2D eigenvalue weighted by atomic mass is 10.1. The lowest BCUT2D eigenvalue weighted by molar-refractivity contribution is -0.137. The summed E-state index contributed by atoms with van der Waals surface area (Å²) in [6.45, 7) is 11.0. The van der Waals surface area contributed by atoms with Gasteiger partial charge in [0, 0.05) is 76.8 Å². The Morgan fingerprint density at radius 2 is 0.948 bits per heavy atom. The molecule has 4 aliphatic rings. The Hall–Kier alpha value is -6.90. The number of nitrogens with zero attached hydrogens (tertiary/aromatic N) is 8. The van der Waals surface area contributed by atoms with E-state index in [9.17, 15) is 14.4 Å². The zero-order valence-corrected chi connectivity index (χ0v) is 47.1. The normalized spacial score (nSPS) is 18.4. The van der Waals surface area contributed by atoms with Crippen molar-refractivity contribution in [3.05, 3.63) is 130 Å². The highest BCUT2D eigenvalue weighted by atomic mass is 28.5. The molecule has 0 fully saturated rings. The van der Waals surface area contributed by atoms with Gasteiger partial charge in [0.05, 0.1) is 26.4 Å². The first-order valence-electron chi connectivity index (χ1n) is 26.3. The molecule has 0 radical (unpaired) electrons. The number of amidine groups is 4. The van der Waals surface area contributed by atoms with Crippen LogP contribution in [0.4, 0.5) is 11.6 Å². The summed E-state index contributed by atoms with van der Waals surface area (Å²) in [5.41, 5.74) is 4.43. The average Bonchev–Trinajstić information content (AvgIpc) is 4.18. The van der Waals surface area contributed by atoms with Crippen molar-refractivity contribution in [1.82, 2.24) is 19.1 Å². The Labute approximate surface area is 449 Å². The molecule has 1 atom stereocenters. The largest absolute Gasteiger partial charge is 0.582 e. The molecule has 400 valence electrons. The van der Waals surface area contributed by atoms with Crippen LogP contribution < -0.4 is 21.6 Å². The molecule has 22 heteroatoms. The molecule has 3 N–H and O–H groups in total. The fourth-order valence-electron chi connectivity index (χ4n) is 10.2. The van der Waals surface area contributed by atoms with E-state index in [4.69, 9.17) is 57.5 Å². The molecule has 0 spiro atoms. The van der Waals surface area contributed by atoms with Crippen LogP contribution in [0.1, 0.15) is 60.8 Å². The van der Waals surface area contributed by atoms with Gasteiger partial charge in [-0.25, -0.2) is 30.0 Å². The fourth-order valence-corrected chi connectivity index (χ4v) is 22.8. The lowest BCUT2D eigenvalue weighted by Crippen LogP contribution is -2.70. The topological polar surface area (TPSA) is 226 Å². The van der Waals surface area contributed by atoms with Crippen molar-refractivity contribution in [1.29, 1.82) is 0 Å². The summed E-state index contributed by atoms with van der Waals surface area (Å²) in [5, 5.41) is 18.5. The Morgan fingerprint density at radius 3 is 1.44 bits per heavy atom. The van der Waals surface area contributed by atoms with Gasteiger partial charge in [-0.2, -0.15) is 0 Å². The van der Waals surface area contributed by atoms with E-state index in [1.165, 1.54) is 0 Å². The first-order chi connectivity index (χ1) is 37.3. The Bertz CT molecular complexity index is 3370. The Morgan fingerprint density at radius 1 is 0.519 bits per heavy atom. The third kappa shape index (κ3) is 11.4. The average molecular weight is 1090 g/mol. The van der Waals surface area contributed by atoms with E-state index in [0.29, 0.717) is 117 Å². The van der Waals surface area contributed by atoms with Crippen molar-refractivity contribution in [3.8, 4) is 0 Å². The molecule has 0 aliphatic carbocycles. The van der Waals surface area contributed by atoms with Gasteiger partial charge in [-0.3, -0.25) is 22.8 Å². The number of carboxylic acid groups (broad SMARTS) is 1. The van der Waals surface area contributed by atoms with Crippen LogP contribution in [0.3, 0.4) is 0 Å². The second-order valence-corrected chi connectivity index (χ2v) is 32.2. The minimum Gasteiger partial charge on any atom is -0.481 e. The van der Waals surface area contributed by atoms with E-state index in [1.807, 2.05) is 72.8 Å². The first kappa shape index (κ1) is 53.5. The number of hydrogen-bond acceptors (Lipinski definition) is 14. The molecule has 1 unspecified atom stereocenters. The summed E-state index contributed by atoms with van der Waals surface area (Å²) in [6, 6.07) is 33.5. The number of carboxylic acids is 1. The van der Waals surface area contributed by atoms with Gasteiger partial charge < -0.3 is 38.2 Å². The maximum Gasteiger partial charge on any atom is 0.582 e. The van der Waals surface area contributed by atoms with Crippen molar-refractivity contribution < 1.29 is 41.9 Å². The highest BCUT2D eigenvalue weighted by molar-refractivity contribution is 6.88. The SMILES string of the molecule is COCCOCCOCC(=O)NCCC[Si](C)(C)O[Si]1(O[Si](C)(C)CCCNC(=O)CCCCC(=O)O)n2c3c4ccccc4c2/N=C2N=C(/N=c4/c5ccccc5/c(n41)=N/C1=NC(=N\3)/c3ccccc31)c1ccccc1\2. The summed E-state index contributed by atoms with van der Waals surface area (Å²) >= 11 is 0. The number of nitrogens with one attached hydrogen (secondary N) is 2. The molecule has 10 rings (SSSR count). The van der Waals surface area contributed by atoms with Crippen LogP contribution in [0.5, 0.6) is 0 Å². The van der Waals surface area contributed by atoms with Crippen molar-refractivity contribution in [2.24, 2.45) is 30.0 Å². The van der Waals surface area contributed by atoms with E-state index < -0.39 is 31.5 Å². The highest BCUT2D eigenvalue weighted by Gasteiger charge is 2.58. The number of aliphatic imine (C=N–C) groups is 4. The fraction of sp³-hybridized carbons (Fsp3) is 0.364. The molecular formula is C55H64N10O9Si3. The van der Waals surface area contributed by atoms with Gasteiger partial charge in [-0.05, 0) is 64.0 Å². The molecule has 4 aliphatic heterocycles. The molecule has 19 nitrogen and oxygen atoms in total. The molecule has 2 amide bonds. The number of amides is 2. The number of carbonyl (C=O) groups excluding carboxylic acids is 2. The smallest absolute Gasteiger partial charge is 0.481 e. The zero-order valence-electron chi connectivity index (χ0n) is 44.1. The monoisotopic (exact) mass is 1090 g/mol. The van der Waals surface area contributed by atoms with Crippen LogP contribution in [-0.2, 0) is 36.8 Å². The van der Waals surface area contributed by atoms with Crippen LogP contribution in [0.2, 0.25) is 38.3 Å². The third-order valence-electron chi connectivity index (χ3n) is 13.8. The number of methoxy groups -OCH3 is 1. The second-order valence-electron chi connectivity index (χ2n) is 20.6. The maximum absolute atomic E-state index is 13.0. The van der Waals surface area contributed by atoms with Gasteiger partial charge in [-0.1, -0.05) is 97.1 Å². The van der Waals surface area contributed by atoms with Crippen molar-refractivity contribution in [2.45, 2.75) is 76.8 Å². The molecule has 77 heavy (non-hydrogen) atoms. The summed E-state index contributed by atoms with van der Waals surface area (Å²) in [7, 11) is -8.94. The molecule has 2 aromatic heterocycles. The molecule has 6 aromatic rings. The van der Waals surface area contributed by atoms with E-state index in [1.54, 1.807) is 7.11 Å². The van der Waals surface area contributed by atoms with Crippen LogP contribution in [-0.4, -0.2) is 133 Å². The number of aromatic nitrogens is 2. The molecule has 0 saturated heterocycles. The van der Waals surface area contributed by atoms with Gasteiger partial charge in [-0.15, -0.1) is 0 Å². The van der Waals surface area contributed by atoms with Crippen molar-refractivity contribution in [3.63, 3.8) is 0 Å². The number of benzene rings is 4. The van der Waals surface area contributed by atoms with E-state index in [2.05, 4.69) is 69.6 Å². The number of ether oxygens (including phenoxy) is 3. The van der Waals surface area contributed by atoms with E-state index in [0.717, 1.165) is 43.8 Å². The first-order valence-corrected chi connectivity index (χ1v) is 34.3. The zero-order chi connectivity index (χ0) is 53.7. The molecule has 0 saturated carbocycles. The number of rotatable bonds is 25. The lowest BCUT2D eigenvalue weighted by Gasteiger charge is -2.43. The van der Waals surface area contributed by atoms with Gasteiger partial charge in [0.2, 0.25) is 11.8 Å². The number of carbonyl (C=O) groups is 3. The van der Waals surface area contributed by atoms with Crippen LogP contribution in [0.15, 0.2) is 127 Å². The summed E-state index contributed by atoms with van der Waals surface area (Å²) in [5.74, 6) is 1.85. The Balaban J connectivity index is 1.15. The minimum atomic E-state index is -4.53. The van der Waals surface area contributed by atoms with Gasteiger partial charge in [0.15, 0.2) is 40.0 Å². The summed E-state index contributed by atoms with van der Waals surface area (Å²) in [6.07, 6.45) is 2.41. The van der Waals surface area contributed by atoms with Gasteiger partial charge in [0.1, 0.15) is 29.2 Å². The molecule has 6 bridgehead atoms. The summed E-state index contributed by atoms with van der Waals surface area (Å²) < 4.78 is 37.0. The molecule has 4 aromatic carbocycles. The van der Waals surface area contributed by atoms with Crippen molar-refractivity contribution >= 4 is 99.8 Å². The second kappa shape index (κ2) is 23.0. The van der Waals surface area contributed by atoms with Gasteiger partial charge >= 0.3 is 14.9 Å². The van der Waals surface area contributed by atoms with Gasteiger partial charge in [0.25, 0.3) is 0 Å². The number of unbranched alkanes of at least 4 members (excludes halogenated alkanes) is 1. The van der Waals surface area contributed by atoms with Crippen LogP contribution in [0, 0.1) is 0 Å². The highest BCUT2D eigenvalue weighted by Crippen LogP contribution is 2.45. The predicted octanol–water partition coefficient (Wildman–Crippen LogP) is 7.15. The third-order valence-corrected chi connectivity index (χ3v) is 25.4. The van der Waals surface area contributed by atoms with Crippen LogP contribution in [0.25, 0.3) is 21.5 Å². The number of fused-ring (bicyclic) bond motifs is 14. The van der Waals surface area contributed by atoms with Crippen LogP contribution >= 0.6 is 0 Å². The summed E-state index contributed by atoms with van der Waals surface area (Å²) in [4.78, 5) is 70.1. The standard InChI is InChI=1S/C55H64N10O9Si3/c1-70-30-31-71-32-33-72-36-46(67)57-29-17-35-76(4,5)74-77(73-75(2,3)34-16-28-56-45(66)26-14-15-27-47(68)69)64-52-41-22-10-11-23-42(41)54(64)62-50-39-20-8-9-21-40(39)51(59-50)63-55-44-25-13-12-24-43(44)53(65(55)77)61-49-38-19-7-6-18-37(38)48(58-49)60-52/h6-13,18-25H,14-17,26-36H2,1-5H3,(H,56,66)(H,57,67)(H,68,69)/b60-48-,60-52?,61-49?,61-53-,62-50-,62-54?,63-51?,63-55-. The molecular weight excluding hydrogens is 1030 g/mol. The minimum absolute atomic E-state index is 0.0273. The predicted molar refractivity (Wildman–Crippen MR) is 303 cm³/mol. The maximum atomic E-state index is 13.0. The van der Waals surface area contributed by atoms with E-state index >= 15 is 0 Å². The number of hydrogen-bond donors (Lipinski definition) is 3.